The van der Waals surface area contributed by atoms with E-state index in [0.717, 1.165) is 17.1 Å². The third kappa shape index (κ3) is 2.35. The quantitative estimate of drug-likeness (QED) is 0.567. The van der Waals surface area contributed by atoms with Crippen molar-refractivity contribution in [3.63, 3.8) is 0 Å². The Morgan fingerprint density at radius 2 is 2.43 bits per heavy atom. The SMILES string of the molecule is CC1=CCC(Cc2c[nH]c(=S)[nH]2)CC1. The van der Waals surface area contributed by atoms with E-state index in [4.69, 9.17) is 12.2 Å². The molecular weight excluding hydrogens is 192 g/mol. The maximum Gasteiger partial charge on any atom is 0.174 e. The highest BCUT2D eigenvalue weighted by atomic mass is 32.1. The van der Waals surface area contributed by atoms with Crippen molar-refractivity contribution in [2.24, 2.45) is 5.92 Å². The average Bonchev–Trinajstić information content (AvgIpc) is 2.56. The summed E-state index contributed by atoms with van der Waals surface area (Å²) < 4.78 is 0.738. The van der Waals surface area contributed by atoms with Crippen LogP contribution in [-0.4, -0.2) is 9.97 Å². The van der Waals surface area contributed by atoms with E-state index in [9.17, 15) is 0 Å². The summed E-state index contributed by atoms with van der Waals surface area (Å²) in [6.07, 6.45) is 9.28. The molecule has 1 aromatic heterocycles. The molecule has 0 saturated heterocycles. The van der Waals surface area contributed by atoms with Crippen LogP contribution in [0.1, 0.15) is 31.9 Å². The molecule has 14 heavy (non-hydrogen) atoms. The summed E-state index contributed by atoms with van der Waals surface area (Å²) in [5, 5.41) is 0. The molecule has 0 radical (unpaired) electrons. The van der Waals surface area contributed by atoms with Crippen LogP contribution in [0.5, 0.6) is 0 Å². The number of hydrogen-bond donors (Lipinski definition) is 2. The number of aromatic amines is 2. The van der Waals surface area contributed by atoms with Crippen molar-refractivity contribution in [3.05, 3.63) is 28.3 Å². The van der Waals surface area contributed by atoms with E-state index in [1.165, 1.54) is 25.0 Å². The fourth-order valence-electron chi connectivity index (χ4n) is 2.00. The van der Waals surface area contributed by atoms with Crippen molar-refractivity contribution >= 4 is 12.2 Å². The summed E-state index contributed by atoms with van der Waals surface area (Å²) in [5.41, 5.74) is 2.79. The summed E-state index contributed by atoms with van der Waals surface area (Å²) in [4.78, 5) is 6.18. The second-order valence-electron chi connectivity index (χ2n) is 4.16. The Bertz CT molecular complexity index is 386. The minimum absolute atomic E-state index is 0.738. The molecule has 2 N–H and O–H groups in total. The predicted octanol–water partition coefficient (Wildman–Crippen LogP) is 3.36. The Labute approximate surface area is 89.4 Å². The van der Waals surface area contributed by atoms with Gasteiger partial charge in [-0.05, 0) is 50.7 Å². The Morgan fingerprint density at radius 1 is 1.57 bits per heavy atom. The Morgan fingerprint density at radius 3 is 3.00 bits per heavy atom. The summed E-state index contributed by atoms with van der Waals surface area (Å²) in [7, 11) is 0. The molecule has 0 amide bonds. The summed E-state index contributed by atoms with van der Waals surface area (Å²) in [6.45, 7) is 2.22. The van der Waals surface area contributed by atoms with Gasteiger partial charge in [-0.3, -0.25) is 0 Å². The van der Waals surface area contributed by atoms with Crippen LogP contribution in [0.3, 0.4) is 0 Å². The summed E-state index contributed by atoms with van der Waals surface area (Å²) in [5.74, 6) is 0.792. The van der Waals surface area contributed by atoms with Crippen LogP contribution < -0.4 is 0 Å². The van der Waals surface area contributed by atoms with E-state index in [-0.39, 0.29) is 0 Å². The number of rotatable bonds is 2. The lowest BCUT2D eigenvalue weighted by molar-refractivity contribution is 0.463. The first-order chi connectivity index (χ1) is 6.74. The van der Waals surface area contributed by atoms with Gasteiger partial charge in [-0.2, -0.15) is 0 Å². The van der Waals surface area contributed by atoms with Gasteiger partial charge in [0.25, 0.3) is 0 Å². The molecular formula is C11H16N2S. The second kappa shape index (κ2) is 4.13. The fraction of sp³-hybridized carbons (Fsp3) is 0.545. The van der Waals surface area contributed by atoms with Gasteiger partial charge in [0, 0.05) is 11.9 Å². The van der Waals surface area contributed by atoms with Crippen molar-refractivity contribution < 1.29 is 0 Å². The van der Waals surface area contributed by atoms with Crippen molar-refractivity contribution in [2.75, 3.05) is 0 Å². The molecule has 1 heterocycles. The number of allylic oxidation sites excluding steroid dienone is 2. The standard InChI is InChI=1S/C11H16N2S/c1-8-2-4-9(5-3-8)6-10-7-12-11(14)13-10/h2,7,9H,3-6H2,1H3,(H2,12,13,14). The Hall–Kier alpha value is -0.830. The Kier molecular flexibility index (Phi) is 2.87. The number of H-pyrrole nitrogens is 2. The number of hydrogen-bond acceptors (Lipinski definition) is 1. The molecule has 0 aromatic carbocycles. The molecule has 2 nitrogen and oxygen atoms in total. The highest BCUT2D eigenvalue weighted by molar-refractivity contribution is 7.71. The number of nitrogens with one attached hydrogen (secondary N) is 2. The van der Waals surface area contributed by atoms with Crippen LogP contribution >= 0.6 is 12.2 Å². The van der Waals surface area contributed by atoms with Crippen molar-refractivity contribution in [3.8, 4) is 0 Å². The van der Waals surface area contributed by atoms with E-state index in [2.05, 4.69) is 23.0 Å². The zero-order valence-corrected chi connectivity index (χ0v) is 9.29. The molecule has 1 aliphatic carbocycles. The van der Waals surface area contributed by atoms with Gasteiger partial charge in [-0.25, -0.2) is 0 Å². The maximum absolute atomic E-state index is 5.00. The molecule has 1 aromatic rings. The van der Waals surface area contributed by atoms with Gasteiger partial charge in [-0.1, -0.05) is 11.6 Å². The highest BCUT2D eigenvalue weighted by Crippen LogP contribution is 2.25. The first-order valence-corrected chi connectivity index (χ1v) is 5.57. The smallest absolute Gasteiger partial charge is 0.174 e. The molecule has 0 fully saturated rings. The zero-order valence-electron chi connectivity index (χ0n) is 8.47. The minimum atomic E-state index is 0.738. The molecule has 3 heteroatoms. The molecule has 1 unspecified atom stereocenters. The van der Waals surface area contributed by atoms with Gasteiger partial charge in [0.1, 0.15) is 0 Å². The Balaban J connectivity index is 1.96. The number of imidazole rings is 1. The van der Waals surface area contributed by atoms with Crippen LogP contribution in [0.2, 0.25) is 0 Å². The third-order valence-electron chi connectivity index (χ3n) is 2.91. The van der Waals surface area contributed by atoms with Gasteiger partial charge < -0.3 is 9.97 Å². The molecule has 0 saturated carbocycles. The lowest BCUT2D eigenvalue weighted by atomic mass is 9.87. The minimum Gasteiger partial charge on any atom is -0.337 e. The van der Waals surface area contributed by atoms with Crippen LogP contribution in [0.25, 0.3) is 0 Å². The van der Waals surface area contributed by atoms with E-state index in [1.54, 1.807) is 5.57 Å². The first kappa shape index (κ1) is 9.71. The van der Waals surface area contributed by atoms with Crippen LogP contribution in [0.4, 0.5) is 0 Å². The van der Waals surface area contributed by atoms with Crippen LogP contribution in [0, 0.1) is 10.7 Å². The lowest BCUT2D eigenvalue weighted by Gasteiger charge is -2.19. The van der Waals surface area contributed by atoms with Gasteiger partial charge in [-0.15, -0.1) is 0 Å². The number of aromatic nitrogens is 2. The highest BCUT2D eigenvalue weighted by Gasteiger charge is 2.13. The normalized spacial score (nSPS) is 22.1. The van der Waals surface area contributed by atoms with Crippen LogP contribution in [0.15, 0.2) is 17.8 Å². The first-order valence-electron chi connectivity index (χ1n) is 5.16. The molecule has 1 atom stereocenters. The zero-order chi connectivity index (χ0) is 9.97. The maximum atomic E-state index is 5.00. The molecule has 1 aliphatic rings. The molecule has 76 valence electrons. The second-order valence-corrected chi connectivity index (χ2v) is 4.57. The van der Waals surface area contributed by atoms with E-state index in [0.29, 0.717) is 0 Å². The molecule has 2 rings (SSSR count). The van der Waals surface area contributed by atoms with Gasteiger partial charge in [0.15, 0.2) is 4.77 Å². The monoisotopic (exact) mass is 208 g/mol. The van der Waals surface area contributed by atoms with Crippen molar-refractivity contribution in [1.29, 1.82) is 0 Å². The van der Waals surface area contributed by atoms with E-state index in [1.807, 2.05) is 6.20 Å². The van der Waals surface area contributed by atoms with Crippen molar-refractivity contribution in [2.45, 2.75) is 32.6 Å². The van der Waals surface area contributed by atoms with Gasteiger partial charge >= 0.3 is 0 Å². The topological polar surface area (TPSA) is 31.6 Å². The largest absolute Gasteiger partial charge is 0.337 e. The molecule has 0 bridgehead atoms. The fourth-order valence-corrected chi connectivity index (χ4v) is 2.19. The van der Waals surface area contributed by atoms with Crippen molar-refractivity contribution in [1.82, 2.24) is 9.97 Å². The summed E-state index contributed by atoms with van der Waals surface area (Å²) in [6, 6.07) is 0. The third-order valence-corrected chi connectivity index (χ3v) is 3.13. The van der Waals surface area contributed by atoms with Crippen LogP contribution in [-0.2, 0) is 6.42 Å². The molecule has 0 aliphatic heterocycles. The van der Waals surface area contributed by atoms with Gasteiger partial charge in [0.05, 0.1) is 0 Å². The predicted molar refractivity (Wildman–Crippen MR) is 60.8 cm³/mol. The molecule has 0 spiro atoms. The summed E-state index contributed by atoms with van der Waals surface area (Å²) >= 11 is 5.00. The average molecular weight is 208 g/mol. The van der Waals surface area contributed by atoms with Gasteiger partial charge in [0.2, 0.25) is 0 Å². The van der Waals surface area contributed by atoms with E-state index >= 15 is 0 Å². The lowest BCUT2D eigenvalue weighted by Crippen LogP contribution is -2.08. The van der Waals surface area contributed by atoms with E-state index < -0.39 is 0 Å².